The Morgan fingerprint density at radius 1 is 1.10 bits per heavy atom. The maximum absolute atomic E-state index is 12.3. The van der Waals surface area contributed by atoms with Crippen LogP contribution in [0.5, 0.6) is 0 Å². The summed E-state index contributed by atoms with van der Waals surface area (Å²) in [5, 5.41) is 1.06. The minimum atomic E-state index is -0.301. The monoisotopic (exact) mass is 265 g/mol. The van der Waals surface area contributed by atoms with Gasteiger partial charge in [-0.15, -0.1) is 0 Å². The molecule has 0 bridgehead atoms. The lowest BCUT2D eigenvalue weighted by Crippen LogP contribution is -2.12. The van der Waals surface area contributed by atoms with Crippen molar-refractivity contribution in [3.05, 3.63) is 58.8 Å². The molecule has 100 valence electrons. The number of rotatable bonds is 1. The molecule has 20 heavy (non-hydrogen) atoms. The van der Waals surface area contributed by atoms with E-state index < -0.39 is 0 Å². The first-order valence-corrected chi connectivity index (χ1v) is 7.07. The van der Waals surface area contributed by atoms with Gasteiger partial charge in [-0.05, 0) is 43.4 Å². The van der Waals surface area contributed by atoms with E-state index in [0.717, 1.165) is 35.0 Å². The SMILES string of the molecule is O=c1oc(C2=CCCCC2)cc2cc3ccccc3n12. The Bertz CT molecular complexity index is 883. The van der Waals surface area contributed by atoms with Gasteiger partial charge >= 0.3 is 5.76 Å². The summed E-state index contributed by atoms with van der Waals surface area (Å²) in [5.41, 5.74) is 2.98. The van der Waals surface area contributed by atoms with Crippen molar-refractivity contribution in [3.63, 3.8) is 0 Å². The molecule has 0 N–H and O–H groups in total. The second kappa shape index (κ2) is 4.37. The molecule has 2 aromatic heterocycles. The molecule has 0 saturated heterocycles. The fraction of sp³-hybridized carbons (Fsp3) is 0.235. The van der Waals surface area contributed by atoms with E-state index in [4.69, 9.17) is 4.42 Å². The molecule has 1 aliphatic carbocycles. The molecule has 3 nitrogen and oxygen atoms in total. The zero-order valence-corrected chi connectivity index (χ0v) is 11.1. The average Bonchev–Trinajstić information content (AvgIpc) is 2.87. The highest BCUT2D eigenvalue weighted by Gasteiger charge is 2.13. The zero-order chi connectivity index (χ0) is 13.5. The Hall–Kier alpha value is -2.29. The summed E-state index contributed by atoms with van der Waals surface area (Å²) in [4.78, 5) is 12.3. The second-order valence-electron chi connectivity index (χ2n) is 5.32. The largest absolute Gasteiger partial charge is 0.424 e. The fourth-order valence-corrected chi connectivity index (χ4v) is 3.01. The summed E-state index contributed by atoms with van der Waals surface area (Å²) < 4.78 is 7.18. The van der Waals surface area contributed by atoms with Crippen LogP contribution in [0.25, 0.3) is 22.0 Å². The van der Waals surface area contributed by atoms with Crippen LogP contribution in [0.15, 0.2) is 51.7 Å². The van der Waals surface area contributed by atoms with Crippen molar-refractivity contribution in [2.24, 2.45) is 0 Å². The maximum Gasteiger partial charge on any atom is 0.424 e. The van der Waals surface area contributed by atoms with Crippen LogP contribution in [-0.2, 0) is 0 Å². The third-order valence-electron chi connectivity index (χ3n) is 4.01. The second-order valence-corrected chi connectivity index (χ2v) is 5.32. The number of benzene rings is 1. The van der Waals surface area contributed by atoms with Crippen molar-refractivity contribution in [1.29, 1.82) is 0 Å². The van der Waals surface area contributed by atoms with Gasteiger partial charge in [-0.3, -0.25) is 0 Å². The molecule has 0 saturated carbocycles. The number of hydrogen-bond acceptors (Lipinski definition) is 2. The van der Waals surface area contributed by atoms with Crippen LogP contribution < -0.4 is 5.76 Å². The van der Waals surface area contributed by atoms with Crippen LogP contribution in [0, 0.1) is 0 Å². The number of fused-ring (bicyclic) bond motifs is 3. The Morgan fingerprint density at radius 2 is 2.00 bits per heavy atom. The van der Waals surface area contributed by atoms with Gasteiger partial charge in [0.2, 0.25) is 0 Å². The van der Waals surface area contributed by atoms with Gasteiger partial charge in [-0.25, -0.2) is 9.20 Å². The molecule has 0 unspecified atom stereocenters. The van der Waals surface area contributed by atoms with Crippen molar-refractivity contribution in [2.45, 2.75) is 25.7 Å². The van der Waals surface area contributed by atoms with Gasteiger partial charge in [0.1, 0.15) is 5.76 Å². The molecule has 3 aromatic rings. The van der Waals surface area contributed by atoms with Crippen LogP contribution in [0.4, 0.5) is 0 Å². The van der Waals surface area contributed by atoms with Crippen LogP contribution in [0.2, 0.25) is 0 Å². The van der Waals surface area contributed by atoms with Gasteiger partial charge in [0.05, 0.1) is 11.0 Å². The summed E-state index contributed by atoms with van der Waals surface area (Å²) in [7, 11) is 0. The van der Waals surface area contributed by atoms with Crippen LogP contribution in [0.1, 0.15) is 31.4 Å². The minimum Gasteiger partial charge on any atom is -0.409 e. The van der Waals surface area contributed by atoms with Gasteiger partial charge in [0.25, 0.3) is 0 Å². The first-order valence-electron chi connectivity index (χ1n) is 7.07. The topological polar surface area (TPSA) is 34.6 Å². The molecule has 0 spiro atoms. The predicted molar refractivity (Wildman–Crippen MR) is 79.9 cm³/mol. The molecular formula is C17H15NO2. The molecule has 1 aromatic carbocycles. The standard InChI is InChI=1S/C17H15NO2/c19-17-18-14(10-13-8-4-5-9-15(13)18)11-16(20-17)12-6-2-1-3-7-12/h4-6,8-11H,1-3,7H2. The van der Waals surface area contributed by atoms with Gasteiger partial charge < -0.3 is 4.42 Å². The van der Waals surface area contributed by atoms with E-state index in [1.54, 1.807) is 4.40 Å². The number of nitrogens with zero attached hydrogens (tertiary/aromatic N) is 1. The summed E-state index contributed by atoms with van der Waals surface area (Å²) >= 11 is 0. The summed E-state index contributed by atoms with van der Waals surface area (Å²) in [6, 6.07) is 11.9. The third-order valence-corrected chi connectivity index (χ3v) is 4.01. The highest BCUT2D eigenvalue weighted by molar-refractivity contribution is 5.87. The quantitative estimate of drug-likeness (QED) is 0.666. The molecular weight excluding hydrogens is 250 g/mol. The molecule has 0 fully saturated rings. The lowest BCUT2D eigenvalue weighted by molar-refractivity contribution is 0.463. The Morgan fingerprint density at radius 3 is 2.85 bits per heavy atom. The molecule has 1 aliphatic rings. The summed E-state index contributed by atoms with van der Waals surface area (Å²) in [6.07, 6.45) is 6.67. The highest BCUT2D eigenvalue weighted by atomic mass is 16.4. The van der Waals surface area contributed by atoms with Crippen LogP contribution in [-0.4, -0.2) is 4.40 Å². The van der Waals surface area contributed by atoms with Gasteiger partial charge in [0.15, 0.2) is 0 Å². The highest BCUT2D eigenvalue weighted by Crippen LogP contribution is 2.28. The smallest absolute Gasteiger partial charge is 0.409 e. The van der Waals surface area contributed by atoms with Crippen molar-refractivity contribution >= 4 is 22.0 Å². The third kappa shape index (κ3) is 1.70. The Kier molecular flexibility index (Phi) is 2.52. The van der Waals surface area contributed by atoms with E-state index >= 15 is 0 Å². The van der Waals surface area contributed by atoms with Crippen molar-refractivity contribution in [2.75, 3.05) is 0 Å². The molecule has 0 atom stereocenters. The van der Waals surface area contributed by atoms with E-state index in [1.165, 1.54) is 18.4 Å². The average molecular weight is 265 g/mol. The molecule has 2 heterocycles. The van der Waals surface area contributed by atoms with E-state index in [0.29, 0.717) is 0 Å². The lowest BCUT2D eigenvalue weighted by Gasteiger charge is -2.11. The molecule has 4 rings (SSSR count). The van der Waals surface area contributed by atoms with Gasteiger partial charge in [0, 0.05) is 11.5 Å². The first kappa shape index (κ1) is 11.5. The molecule has 0 amide bonds. The van der Waals surface area contributed by atoms with E-state index in [1.807, 2.05) is 36.4 Å². The van der Waals surface area contributed by atoms with E-state index in [-0.39, 0.29) is 5.76 Å². The number of para-hydroxylation sites is 1. The van der Waals surface area contributed by atoms with Crippen molar-refractivity contribution in [3.8, 4) is 0 Å². The number of hydrogen-bond donors (Lipinski definition) is 0. The van der Waals surface area contributed by atoms with Crippen molar-refractivity contribution in [1.82, 2.24) is 4.40 Å². The van der Waals surface area contributed by atoms with Gasteiger partial charge in [-0.2, -0.15) is 0 Å². The maximum atomic E-state index is 12.3. The Labute approximate surface area is 116 Å². The van der Waals surface area contributed by atoms with Crippen LogP contribution in [0.3, 0.4) is 0 Å². The van der Waals surface area contributed by atoms with E-state index in [2.05, 4.69) is 6.08 Å². The first-order chi connectivity index (χ1) is 9.83. The molecule has 3 heteroatoms. The molecule has 0 radical (unpaired) electrons. The number of allylic oxidation sites excluding steroid dienone is 2. The lowest BCUT2D eigenvalue weighted by atomic mass is 9.98. The van der Waals surface area contributed by atoms with Crippen LogP contribution >= 0.6 is 0 Å². The normalized spacial score (nSPS) is 15.7. The molecule has 0 aliphatic heterocycles. The summed E-state index contributed by atoms with van der Waals surface area (Å²) in [6.45, 7) is 0. The zero-order valence-electron chi connectivity index (χ0n) is 11.1. The number of aromatic nitrogens is 1. The minimum absolute atomic E-state index is 0.301. The van der Waals surface area contributed by atoms with E-state index in [9.17, 15) is 4.79 Å². The fourth-order valence-electron chi connectivity index (χ4n) is 3.01. The van der Waals surface area contributed by atoms with Gasteiger partial charge in [-0.1, -0.05) is 24.3 Å². The summed E-state index contributed by atoms with van der Waals surface area (Å²) in [5.74, 6) is 0.426. The Balaban J connectivity index is 2.00. The van der Waals surface area contributed by atoms with Crippen molar-refractivity contribution < 1.29 is 4.42 Å². The predicted octanol–water partition coefficient (Wildman–Crippen LogP) is 4.00.